The van der Waals surface area contributed by atoms with Gasteiger partial charge in [0, 0.05) is 67.0 Å². The zero-order chi connectivity index (χ0) is 91.3. The number of allylic oxidation sites excluding steroid dienone is 2. The number of carbonyl (C=O) groups is 16. The number of aromatic carboxylic acids is 1. The molecule has 4 rings (SSSR count). The van der Waals surface area contributed by atoms with Crippen LogP contribution in [-0.2, 0) is 73.7 Å². The summed E-state index contributed by atoms with van der Waals surface area (Å²) in [4.78, 5) is 227. The molecule has 35 nitrogen and oxygen atoms in total. The summed E-state index contributed by atoms with van der Waals surface area (Å²) < 4.78 is 15.9. The number of phenols is 2. The van der Waals surface area contributed by atoms with E-state index in [2.05, 4.69) is 21.3 Å². The fourth-order valence-corrected chi connectivity index (χ4v) is 14.0. The molecule has 2 aliphatic heterocycles. The molecule has 11 amide bonds. The van der Waals surface area contributed by atoms with E-state index in [1.165, 1.54) is 102 Å². The van der Waals surface area contributed by atoms with Crippen LogP contribution in [0, 0.1) is 55.3 Å². The number of esters is 2. The SMILES string of the molecule is CC=CCC(C)C(O)C1C(=O)NC(CC)C(=O)N(C)CC(=O)N(C)C(CC(C)C)C(=O)NC(C(C)C)C(=O)N(C)C(CC(C)C)C(=O)NC(C)C(=O)NC(C)C(=O)N(C)C(CC(C)C)C(=O)N(C)C(CC(C)C)C(=O)N(C)C(C(C)C)C(=O)N1C.Cc1cc(O)c(C=O)c2c1C(=O)Oc1c(COC(=O)C=CC(=O)O)c(O)c(C(=O)O)c(C)c1O2. The summed E-state index contributed by atoms with van der Waals surface area (Å²) in [5.74, 6) is -17.6. The van der Waals surface area contributed by atoms with Crippen molar-refractivity contribution in [2.24, 2.45) is 41.4 Å². The maximum absolute atomic E-state index is 15.1. The Morgan fingerprint density at radius 2 is 1.05 bits per heavy atom. The van der Waals surface area contributed by atoms with Gasteiger partial charge in [0.1, 0.15) is 89.7 Å². The summed E-state index contributed by atoms with van der Waals surface area (Å²) in [6, 6.07) is -11.2. The Kier molecular flexibility index (Phi) is 38.9. The number of benzene rings is 2. The van der Waals surface area contributed by atoms with Gasteiger partial charge in [0.05, 0.1) is 23.8 Å². The number of aromatic hydroxyl groups is 2. The largest absolute Gasteiger partial charge is 0.507 e. The summed E-state index contributed by atoms with van der Waals surface area (Å²) in [5.41, 5.74) is -1.80. The molecular weight excluding hydrogens is 1550 g/mol. The van der Waals surface area contributed by atoms with E-state index in [0.717, 1.165) is 15.9 Å². The van der Waals surface area contributed by atoms with Gasteiger partial charge in [-0.05, 0) is 126 Å². The van der Waals surface area contributed by atoms with Crippen molar-refractivity contribution in [3.63, 3.8) is 0 Å². The molecule has 0 aliphatic carbocycles. The topological polar surface area (TPSA) is 473 Å². The van der Waals surface area contributed by atoms with E-state index in [9.17, 15) is 87.5 Å². The second-order valence-electron chi connectivity index (χ2n) is 33.1. The van der Waals surface area contributed by atoms with Gasteiger partial charge in [0.15, 0.2) is 23.5 Å². The summed E-state index contributed by atoms with van der Waals surface area (Å²) >= 11 is 0. The van der Waals surface area contributed by atoms with Gasteiger partial charge in [0.2, 0.25) is 65.0 Å². The average molecular weight is 1670 g/mol. The number of hydrogen-bond acceptors (Lipinski definition) is 22. The Hall–Kier alpha value is -11.0. The van der Waals surface area contributed by atoms with E-state index in [4.69, 9.17) is 19.3 Å². The molecule has 0 aromatic heterocycles. The fourth-order valence-electron chi connectivity index (χ4n) is 14.0. The molecule has 0 radical (unpaired) electrons. The van der Waals surface area contributed by atoms with E-state index in [1.54, 1.807) is 54.5 Å². The van der Waals surface area contributed by atoms with E-state index < -0.39 is 226 Å². The first kappa shape index (κ1) is 102. The first-order valence-corrected chi connectivity index (χ1v) is 39.9. The van der Waals surface area contributed by atoms with E-state index >= 15 is 9.59 Å². The summed E-state index contributed by atoms with van der Waals surface area (Å²) in [6.07, 6.45) is 4.35. The van der Waals surface area contributed by atoms with Crippen LogP contribution in [0.4, 0.5) is 0 Å². The van der Waals surface area contributed by atoms with Crippen LogP contribution in [0.2, 0.25) is 0 Å². The number of aldehydes is 1. The van der Waals surface area contributed by atoms with Crippen LogP contribution in [0.25, 0.3) is 0 Å². The van der Waals surface area contributed by atoms with Crippen LogP contribution < -0.4 is 30.7 Å². The number of aliphatic carboxylic acids is 1. The van der Waals surface area contributed by atoms with Crippen molar-refractivity contribution in [1.29, 1.82) is 0 Å². The minimum atomic E-state index is -1.61. The summed E-state index contributed by atoms with van der Waals surface area (Å²) in [6.45, 7) is 31.2. The minimum absolute atomic E-state index is 0.0229. The molecule has 35 heteroatoms. The van der Waals surface area contributed by atoms with Gasteiger partial charge in [0.25, 0.3) is 0 Å². The number of rotatable bonds is 21. The lowest BCUT2D eigenvalue weighted by molar-refractivity contribution is -0.157. The molecule has 2 aliphatic rings. The second-order valence-corrected chi connectivity index (χ2v) is 33.1. The number of phenolic OH excluding ortho intramolecular Hbond substituents is 1. The van der Waals surface area contributed by atoms with Crippen molar-refractivity contribution in [2.45, 2.75) is 243 Å². The van der Waals surface area contributed by atoms with Crippen molar-refractivity contribution >= 4 is 95.1 Å². The Morgan fingerprint density at radius 1 is 0.563 bits per heavy atom. The van der Waals surface area contributed by atoms with E-state index in [0.29, 0.717) is 18.6 Å². The summed E-state index contributed by atoms with van der Waals surface area (Å²) in [5, 5.41) is 62.0. The molecule has 0 bridgehead atoms. The molecule has 12 atom stereocenters. The lowest BCUT2D eigenvalue weighted by Gasteiger charge is -2.41. The number of likely N-dealkylation sites (N-methyl/N-ethyl adjacent to an activating group) is 7. The van der Waals surface area contributed by atoms with Gasteiger partial charge >= 0.3 is 23.9 Å². The van der Waals surface area contributed by atoms with Crippen molar-refractivity contribution in [3.8, 4) is 28.7 Å². The lowest BCUT2D eigenvalue weighted by Crippen LogP contribution is -2.63. The fraction of sp³-hybridized carbons (Fsp3) is 0.619. The Labute approximate surface area is 697 Å². The molecule has 2 heterocycles. The number of carbonyl (C=O) groups excluding carboxylic acids is 14. The van der Waals surface area contributed by atoms with E-state index in [-0.39, 0.29) is 84.5 Å². The average Bonchev–Trinajstić information content (AvgIpc) is 1.64. The number of nitrogens with one attached hydrogen (secondary N) is 4. The van der Waals surface area contributed by atoms with Gasteiger partial charge < -0.3 is 95.3 Å². The molecule has 9 N–H and O–H groups in total. The number of aryl methyl sites for hydroxylation is 1. The summed E-state index contributed by atoms with van der Waals surface area (Å²) in [7, 11) is 9.92. The standard InChI is InChI=1S/C62H111N11O12.C22H16O12/c1-25-27-28-40(15)52(75)51-56(79)65-43(26-2)58(81)67(18)33-48(74)68(19)44(29-34(3)4)55(78)66-49(38(11)12)61(84)69(20)45(30-35(5)6)54(77)63-41(16)53(76)64-42(17)57(80)70(21)46(31-36(7)8)59(82)71(22)47(32-37(9)10)60(83)72(23)50(39(13)14)62(85)73(51)24;1-8-5-12(24)10(6-23)19-15(8)22(31)34-20-11(7-32-14(27)4-3-13(25)26)17(28)16(21(29)30)9(2)18(20)33-19/h25,27,34-47,49-52,75H,26,28-33H2,1-24H3,(H,63,77)(H,64,76)(H,65,79)(H,66,78);3-6,24,28H,7H2,1-2H3,(H,25,26)(H,29,30). The maximum Gasteiger partial charge on any atom is 0.347 e. The van der Waals surface area contributed by atoms with Crippen LogP contribution >= 0.6 is 0 Å². The molecule has 662 valence electrons. The quantitative estimate of drug-likeness (QED) is 0.0245. The highest BCUT2D eigenvalue weighted by atomic mass is 16.6. The Bertz CT molecular complexity index is 4130. The van der Waals surface area contributed by atoms with Crippen LogP contribution in [0.3, 0.4) is 0 Å². The first-order chi connectivity index (χ1) is 55.2. The third kappa shape index (κ3) is 26.5. The number of amides is 11. The molecule has 1 saturated heterocycles. The molecule has 0 spiro atoms. The highest BCUT2D eigenvalue weighted by Gasteiger charge is 2.47. The molecular formula is C84H127N11O24. The number of fused-ring (bicyclic) bond motifs is 2. The number of carboxylic acids is 2. The lowest BCUT2D eigenvalue weighted by atomic mass is 9.91. The molecule has 1 fully saturated rings. The van der Waals surface area contributed by atoms with Gasteiger partial charge in [-0.1, -0.05) is 109 Å². The zero-order valence-electron chi connectivity index (χ0n) is 73.6. The van der Waals surface area contributed by atoms with Crippen molar-refractivity contribution in [1.82, 2.24) is 55.6 Å². The third-order valence-electron chi connectivity index (χ3n) is 20.9. The highest BCUT2D eigenvalue weighted by molar-refractivity contribution is 6.04. The number of hydrogen-bond donors (Lipinski definition) is 9. The first-order valence-electron chi connectivity index (χ1n) is 39.9. The molecule has 2 aromatic carbocycles. The third-order valence-corrected chi connectivity index (χ3v) is 20.9. The van der Waals surface area contributed by atoms with Crippen LogP contribution in [0.5, 0.6) is 28.7 Å². The second kappa shape index (κ2) is 45.3. The monoisotopic (exact) mass is 1670 g/mol. The van der Waals surface area contributed by atoms with Crippen LogP contribution in [-0.4, -0.2) is 277 Å². The number of aliphatic hydroxyl groups excluding tert-OH is 1. The van der Waals surface area contributed by atoms with Crippen LogP contribution in [0.1, 0.15) is 204 Å². The molecule has 119 heavy (non-hydrogen) atoms. The van der Waals surface area contributed by atoms with Gasteiger partial charge in [-0.3, -0.25) is 57.5 Å². The van der Waals surface area contributed by atoms with Gasteiger partial charge in [-0.15, -0.1) is 0 Å². The van der Waals surface area contributed by atoms with Crippen molar-refractivity contribution in [3.05, 3.63) is 63.8 Å². The van der Waals surface area contributed by atoms with Crippen LogP contribution in [0.15, 0.2) is 30.4 Å². The molecule has 0 saturated carbocycles. The molecule has 2 aromatic rings. The smallest absolute Gasteiger partial charge is 0.347 e. The molecule has 12 unspecified atom stereocenters. The minimum Gasteiger partial charge on any atom is -0.507 e. The zero-order valence-corrected chi connectivity index (χ0v) is 73.6. The van der Waals surface area contributed by atoms with E-state index in [1.807, 2.05) is 61.5 Å². The maximum atomic E-state index is 15.1. The number of carboxylic acid groups (broad SMARTS) is 2. The van der Waals surface area contributed by atoms with Crippen molar-refractivity contribution < 1.29 is 116 Å². The Balaban J connectivity index is 0.000000884. The predicted octanol–water partition coefficient (Wildman–Crippen LogP) is 5.50. The normalized spacial score (nSPS) is 22.7. The van der Waals surface area contributed by atoms with Gasteiger partial charge in [-0.2, -0.15) is 0 Å². The Morgan fingerprint density at radius 3 is 1.54 bits per heavy atom. The number of aliphatic hydroxyl groups is 1. The highest BCUT2D eigenvalue weighted by Crippen LogP contribution is 2.50. The predicted molar refractivity (Wildman–Crippen MR) is 438 cm³/mol. The number of ether oxygens (including phenoxy) is 3. The number of nitrogens with zero attached hydrogens (tertiary/aromatic N) is 7. The van der Waals surface area contributed by atoms with Crippen molar-refractivity contribution in [2.75, 3.05) is 55.9 Å². The van der Waals surface area contributed by atoms with Gasteiger partial charge in [-0.25, -0.2) is 19.2 Å².